The van der Waals surface area contributed by atoms with Crippen molar-refractivity contribution in [2.75, 3.05) is 5.73 Å². The molecule has 0 fully saturated rings. The van der Waals surface area contributed by atoms with Crippen molar-refractivity contribution in [3.05, 3.63) is 53.6 Å². The number of anilines is 1. The molecule has 2 aromatic carbocycles. The van der Waals surface area contributed by atoms with Gasteiger partial charge >= 0.3 is 0 Å². The lowest BCUT2D eigenvalue weighted by Gasteiger charge is -2.09. The van der Waals surface area contributed by atoms with Crippen LogP contribution in [0.5, 0.6) is 0 Å². The molecule has 2 rings (SSSR count). The third kappa shape index (κ3) is 1.89. The fourth-order valence-electron chi connectivity index (χ4n) is 1.66. The number of halogens is 2. The van der Waals surface area contributed by atoms with Crippen molar-refractivity contribution in [1.82, 2.24) is 0 Å². The van der Waals surface area contributed by atoms with Gasteiger partial charge in [0.15, 0.2) is 0 Å². The van der Waals surface area contributed by atoms with E-state index >= 15 is 0 Å². The molecule has 0 unspecified atom stereocenters. The summed E-state index contributed by atoms with van der Waals surface area (Å²) < 4.78 is 26.0. The quantitative estimate of drug-likeness (QED) is 0.729. The van der Waals surface area contributed by atoms with Crippen LogP contribution in [0.4, 0.5) is 14.5 Å². The van der Waals surface area contributed by atoms with E-state index in [0.29, 0.717) is 16.8 Å². The Hall–Kier alpha value is -1.90. The first-order chi connectivity index (χ1) is 7.58. The van der Waals surface area contributed by atoms with E-state index in [1.54, 1.807) is 12.1 Å². The van der Waals surface area contributed by atoms with E-state index in [-0.39, 0.29) is 5.82 Å². The van der Waals surface area contributed by atoms with Crippen LogP contribution in [0.15, 0.2) is 36.4 Å². The molecule has 0 spiro atoms. The lowest BCUT2D eigenvalue weighted by molar-refractivity contribution is 0.627. The summed E-state index contributed by atoms with van der Waals surface area (Å²) in [5, 5.41) is 0. The molecular formula is C13H11F2N. The van der Waals surface area contributed by atoms with E-state index in [0.717, 1.165) is 5.56 Å². The Morgan fingerprint density at radius 3 is 2.19 bits per heavy atom. The van der Waals surface area contributed by atoms with Crippen LogP contribution < -0.4 is 5.73 Å². The summed E-state index contributed by atoms with van der Waals surface area (Å²) in [6.07, 6.45) is 0. The van der Waals surface area contributed by atoms with E-state index in [1.165, 1.54) is 24.3 Å². The molecule has 1 nitrogen and oxygen atoms in total. The molecule has 82 valence electrons. The van der Waals surface area contributed by atoms with Crippen molar-refractivity contribution in [2.24, 2.45) is 0 Å². The van der Waals surface area contributed by atoms with Crippen molar-refractivity contribution in [3.8, 4) is 11.1 Å². The summed E-state index contributed by atoms with van der Waals surface area (Å²) in [6, 6.07) is 8.58. The molecule has 0 amide bonds. The molecule has 0 heterocycles. The molecule has 0 radical (unpaired) electrons. The van der Waals surface area contributed by atoms with Crippen molar-refractivity contribution < 1.29 is 8.78 Å². The second kappa shape index (κ2) is 3.93. The van der Waals surface area contributed by atoms with Gasteiger partial charge in [-0.2, -0.15) is 0 Å². The van der Waals surface area contributed by atoms with Crippen LogP contribution in [0.25, 0.3) is 11.1 Å². The number of nitrogens with two attached hydrogens (primary N) is 1. The summed E-state index contributed by atoms with van der Waals surface area (Å²) in [7, 11) is 0. The van der Waals surface area contributed by atoms with Crippen LogP contribution in [0, 0.1) is 18.6 Å². The molecule has 0 saturated carbocycles. The maximum Gasteiger partial charge on any atom is 0.125 e. The number of nitrogen functional groups attached to an aromatic ring is 1. The van der Waals surface area contributed by atoms with Gasteiger partial charge in [-0.3, -0.25) is 0 Å². The minimum absolute atomic E-state index is 0.314. The van der Waals surface area contributed by atoms with Gasteiger partial charge in [-0.25, -0.2) is 8.78 Å². The first-order valence-electron chi connectivity index (χ1n) is 4.89. The summed E-state index contributed by atoms with van der Waals surface area (Å²) >= 11 is 0. The zero-order valence-corrected chi connectivity index (χ0v) is 8.80. The third-order valence-corrected chi connectivity index (χ3v) is 2.50. The molecule has 0 atom stereocenters. The molecule has 0 saturated heterocycles. The van der Waals surface area contributed by atoms with Crippen LogP contribution in [-0.4, -0.2) is 0 Å². The summed E-state index contributed by atoms with van der Waals surface area (Å²) in [5.41, 5.74) is 8.27. The predicted molar refractivity (Wildman–Crippen MR) is 60.9 cm³/mol. The van der Waals surface area contributed by atoms with Gasteiger partial charge in [0.2, 0.25) is 0 Å². The van der Waals surface area contributed by atoms with Gasteiger partial charge < -0.3 is 5.73 Å². The van der Waals surface area contributed by atoms with Crippen molar-refractivity contribution >= 4 is 5.69 Å². The molecule has 2 aromatic rings. The number of aryl methyl sites for hydroxylation is 1. The molecule has 0 bridgehead atoms. The zero-order chi connectivity index (χ0) is 11.7. The average molecular weight is 219 g/mol. The lowest BCUT2D eigenvalue weighted by Crippen LogP contribution is -1.93. The largest absolute Gasteiger partial charge is 0.398 e. The van der Waals surface area contributed by atoms with Crippen molar-refractivity contribution in [2.45, 2.75) is 6.92 Å². The van der Waals surface area contributed by atoms with E-state index in [2.05, 4.69) is 0 Å². The molecule has 2 N–H and O–H groups in total. The van der Waals surface area contributed by atoms with E-state index in [9.17, 15) is 8.78 Å². The number of benzene rings is 2. The average Bonchev–Trinajstić information content (AvgIpc) is 2.22. The maximum atomic E-state index is 13.1. The monoisotopic (exact) mass is 219 g/mol. The maximum absolute atomic E-state index is 13.1. The highest BCUT2D eigenvalue weighted by Crippen LogP contribution is 2.29. The Morgan fingerprint density at radius 1 is 0.875 bits per heavy atom. The Labute approximate surface area is 92.5 Å². The second-order valence-corrected chi connectivity index (χ2v) is 3.69. The van der Waals surface area contributed by atoms with E-state index in [4.69, 9.17) is 5.73 Å². The number of hydrogen-bond donors (Lipinski definition) is 1. The summed E-state index contributed by atoms with van der Waals surface area (Å²) in [6.45, 7) is 1.86. The van der Waals surface area contributed by atoms with Crippen LogP contribution in [0.1, 0.15) is 5.56 Å². The van der Waals surface area contributed by atoms with Gasteiger partial charge in [0.05, 0.1) is 0 Å². The zero-order valence-electron chi connectivity index (χ0n) is 8.80. The van der Waals surface area contributed by atoms with Gasteiger partial charge in [-0.1, -0.05) is 6.07 Å². The first-order valence-corrected chi connectivity index (χ1v) is 4.89. The standard InChI is InChI=1S/C13H11F2N/c1-8-2-3-9(14)6-12(8)11-5-4-10(15)7-13(11)16/h2-7H,16H2,1H3. The molecular weight excluding hydrogens is 208 g/mol. The number of hydrogen-bond acceptors (Lipinski definition) is 1. The lowest BCUT2D eigenvalue weighted by atomic mass is 9.99. The Morgan fingerprint density at radius 2 is 1.50 bits per heavy atom. The van der Waals surface area contributed by atoms with E-state index in [1.807, 2.05) is 6.92 Å². The highest BCUT2D eigenvalue weighted by molar-refractivity contribution is 5.78. The van der Waals surface area contributed by atoms with Gasteiger partial charge in [-0.05, 0) is 48.4 Å². The highest BCUT2D eigenvalue weighted by atomic mass is 19.1. The van der Waals surface area contributed by atoms with Crippen LogP contribution >= 0.6 is 0 Å². The Balaban J connectivity index is 2.62. The van der Waals surface area contributed by atoms with E-state index < -0.39 is 5.82 Å². The highest BCUT2D eigenvalue weighted by Gasteiger charge is 2.07. The minimum atomic E-state index is -0.393. The Kier molecular flexibility index (Phi) is 2.60. The topological polar surface area (TPSA) is 26.0 Å². The van der Waals surface area contributed by atoms with Gasteiger partial charge in [0, 0.05) is 11.3 Å². The van der Waals surface area contributed by atoms with Gasteiger partial charge in [-0.15, -0.1) is 0 Å². The van der Waals surface area contributed by atoms with Crippen LogP contribution in [0.3, 0.4) is 0 Å². The van der Waals surface area contributed by atoms with Crippen molar-refractivity contribution in [3.63, 3.8) is 0 Å². The molecule has 0 aliphatic carbocycles. The van der Waals surface area contributed by atoms with Gasteiger partial charge in [0.25, 0.3) is 0 Å². The minimum Gasteiger partial charge on any atom is -0.398 e. The van der Waals surface area contributed by atoms with Crippen LogP contribution in [0.2, 0.25) is 0 Å². The third-order valence-electron chi connectivity index (χ3n) is 2.50. The number of rotatable bonds is 1. The second-order valence-electron chi connectivity index (χ2n) is 3.69. The predicted octanol–water partition coefficient (Wildman–Crippen LogP) is 3.52. The van der Waals surface area contributed by atoms with Crippen molar-refractivity contribution in [1.29, 1.82) is 0 Å². The smallest absolute Gasteiger partial charge is 0.125 e. The fraction of sp³-hybridized carbons (Fsp3) is 0.0769. The SMILES string of the molecule is Cc1ccc(F)cc1-c1ccc(F)cc1N. The molecule has 0 aromatic heterocycles. The first kappa shape index (κ1) is 10.6. The normalized spacial score (nSPS) is 10.4. The molecule has 3 heteroatoms. The van der Waals surface area contributed by atoms with Crippen LogP contribution in [-0.2, 0) is 0 Å². The summed E-state index contributed by atoms with van der Waals surface area (Å²) in [4.78, 5) is 0. The summed E-state index contributed by atoms with van der Waals surface area (Å²) in [5.74, 6) is -0.723. The van der Waals surface area contributed by atoms with Gasteiger partial charge in [0.1, 0.15) is 11.6 Å². The fourth-order valence-corrected chi connectivity index (χ4v) is 1.66. The Bertz CT molecular complexity index is 535. The molecule has 16 heavy (non-hydrogen) atoms. The molecule has 0 aliphatic rings. The molecule has 0 aliphatic heterocycles.